The van der Waals surface area contributed by atoms with Gasteiger partial charge >= 0.3 is 5.97 Å². The third kappa shape index (κ3) is 6.11. The fraction of sp³-hybridized carbons (Fsp3) is 0.583. The number of rotatable bonds is 9. The molecule has 1 atom stereocenters. The van der Waals surface area contributed by atoms with Gasteiger partial charge in [-0.1, -0.05) is 0 Å². The van der Waals surface area contributed by atoms with E-state index in [-0.39, 0.29) is 12.6 Å². The Balaban J connectivity index is 1.97. The number of carbonyl (C=O) groups is 1. The van der Waals surface area contributed by atoms with Crippen LogP contribution in [0, 0.1) is 0 Å². The molecule has 0 radical (unpaired) electrons. The number of hydrogen-bond acceptors (Lipinski definition) is 6. The average Bonchev–Trinajstić information content (AvgIpc) is 2.87. The van der Waals surface area contributed by atoms with Gasteiger partial charge in [0.2, 0.25) is 0 Å². The van der Waals surface area contributed by atoms with Gasteiger partial charge in [-0.2, -0.15) is 11.3 Å². The van der Waals surface area contributed by atoms with Crippen LogP contribution in [0.5, 0.6) is 0 Å². The molecule has 6 heteroatoms. The maximum absolute atomic E-state index is 10.9. The molecule has 1 heterocycles. The van der Waals surface area contributed by atoms with E-state index in [1.165, 1.54) is 0 Å². The molecule has 0 bridgehead atoms. The standard InChI is InChI=1S/C12H19NO4S/c1-2-17-12(15)8-16-5-4-13-7-11(14)10-3-6-18-9-10/h3,6,9,11,13-14H,2,4-5,7-8H2,1H3. The van der Waals surface area contributed by atoms with Gasteiger partial charge in [-0.05, 0) is 29.3 Å². The molecule has 0 aliphatic carbocycles. The van der Waals surface area contributed by atoms with Crippen molar-refractivity contribution in [3.8, 4) is 0 Å². The smallest absolute Gasteiger partial charge is 0.332 e. The quantitative estimate of drug-likeness (QED) is 0.518. The second-order valence-electron chi connectivity index (χ2n) is 3.63. The van der Waals surface area contributed by atoms with Gasteiger partial charge in [-0.3, -0.25) is 0 Å². The lowest BCUT2D eigenvalue weighted by molar-refractivity contribution is -0.148. The summed E-state index contributed by atoms with van der Waals surface area (Å²) >= 11 is 1.56. The summed E-state index contributed by atoms with van der Waals surface area (Å²) in [5, 5.41) is 16.7. The Kier molecular flexibility index (Phi) is 7.59. The molecule has 1 aromatic heterocycles. The third-order valence-corrected chi connectivity index (χ3v) is 2.92. The Bertz CT molecular complexity index is 329. The van der Waals surface area contributed by atoms with Crippen LogP contribution >= 0.6 is 11.3 Å². The molecule has 0 aromatic carbocycles. The van der Waals surface area contributed by atoms with Crippen LogP contribution in [0.3, 0.4) is 0 Å². The molecule has 1 unspecified atom stereocenters. The molecule has 2 N–H and O–H groups in total. The van der Waals surface area contributed by atoms with Crippen molar-refractivity contribution >= 4 is 17.3 Å². The summed E-state index contributed by atoms with van der Waals surface area (Å²) in [5.41, 5.74) is 0.917. The van der Waals surface area contributed by atoms with Crippen molar-refractivity contribution < 1.29 is 19.4 Å². The molecule has 0 aliphatic rings. The molecule has 0 spiro atoms. The lowest BCUT2D eigenvalue weighted by atomic mass is 10.2. The lowest BCUT2D eigenvalue weighted by Gasteiger charge is -2.10. The summed E-state index contributed by atoms with van der Waals surface area (Å²) in [6, 6.07) is 1.90. The van der Waals surface area contributed by atoms with Crippen LogP contribution in [0.25, 0.3) is 0 Å². The predicted molar refractivity (Wildman–Crippen MR) is 69.6 cm³/mol. The first-order valence-electron chi connectivity index (χ1n) is 5.88. The average molecular weight is 273 g/mol. The minimum Gasteiger partial charge on any atom is -0.464 e. The van der Waals surface area contributed by atoms with Gasteiger partial charge in [0.05, 0.1) is 19.3 Å². The lowest BCUT2D eigenvalue weighted by Crippen LogP contribution is -2.26. The Hall–Kier alpha value is -0.950. The molecular weight excluding hydrogens is 254 g/mol. The van der Waals surface area contributed by atoms with Crippen molar-refractivity contribution in [3.05, 3.63) is 22.4 Å². The van der Waals surface area contributed by atoms with Crippen LogP contribution in [0.1, 0.15) is 18.6 Å². The molecule has 18 heavy (non-hydrogen) atoms. The maximum Gasteiger partial charge on any atom is 0.332 e. The molecule has 0 saturated heterocycles. The molecular formula is C12H19NO4S. The maximum atomic E-state index is 10.9. The number of aliphatic hydroxyl groups excluding tert-OH is 1. The number of thiophene rings is 1. The van der Waals surface area contributed by atoms with Crippen molar-refractivity contribution in [3.63, 3.8) is 0 Å². The van der Waals surface area contributed by atoms with Gasteiger partial charge in [0, 0.05) is 13.1 Å². The summed E-state index contributed by atoms with van der Waals surface area (Å²) in [6.07, 6.45) is -0.499. The Labute approximate surface area is 111 Å². The van der Waals surface area contributed by atoms with Crippen molar-refractivity contribution in [2.75, 3.05) is 32.9 Å². The van der Waals surface area contributed by atoms with Gasteiger partial charge in [0.15, 0.2) is 0 Å². The van der Waals surface area contributed by atoms with Crippen LogP contribution in [-0.2, 0) is 14.3 Å². The van der Waals surface area contributed by atoms with Gasteiger partial charge in [-0.15, -0.1) is 0 Å². The number of nitrogens with one attached hydrogen (secondary N) is 1. The largest absolute Gasteiger partial charge is 0.464 e. The summed E-state index contributed by atoms with van der Waals surface area (Å²) in [5.74, 6) is -0.351. The summed E-state index contributed by atoms with van der Waals surface area (Å²) in [6.45, 7) is 3.57. The zero-order chi connectivity index (χ0) is 13.2. The molecule has 0 aliphatic heterocycles. The Morgan fingerprint density at radius 2 is 2.44 bits per heavy atom. The number of hydrogen-bond donors (Lipinski definition) is 2. The normalized spacial score (nSPS) is 12.3. The first-order chi connectivity index (χ1) is 8.74. The van der Waals surface area contributed by atoms with Crippen LogP contribution in [-0.4, -0.2) is 44.0 Å². The van der Waals surface area contributed by atoms with Crippen molar-refractivity contribution in [1.82, 2.24) is 5.32 Å². The van der Waals surface area contributed by atoms with Crippen LogP contribution in [0.4, 0.5) is 0 Å². The molecule has 0 fully saturated rings. The van der Waals surface area contributed by atoms with E-state index < -0.39 is 6.10 Å². The SMILES string of the molecule is CCOC(=O)COCCNCC(O)c1ccsc1. The predicted octanol–water partition coefficient (Wildman–Crippen LogP) is 0.951. The topological polar surface area (TPSA) is 67.8 Å². The first-order valence-corrected chi connectivity index (χ1v) is 6.82. The Morgan fingerprint density at radius 3 is 3.11 bits per heavy atom. The van der Waals surface area contributed by atoms with E-state index in [1.807, 2.05) is 16.8 Å². The molecule has 0 saturated carbocycles. The van der Waals surface area contributed by atoms with Crippen molar-refractivity contribution in [2.45, 2.75) is 13.0 Å². The first kappa shape index (κ1) is 15.1. The second kappa shape index (κ2) is 9.04. The van der Waals surface area contributed by atoms with E-state index in [1.54, 1.807) is 18.3 Å². The zero-order valence-electron chi connectivity index (χ0n) is 10.4. The minimum absolute atomic E-state index is 0.0252. The van der Waals surface area contributed by atoms with Gasteiger partial charge in [0.1, 0.15) is 6.61 Å². The van der Waals surface area contributed by atoms with Crippen molar-refractivity contribution in [2.24, 2.45) is 0 Å². The van der Waals surface area contributed by atoms with E-state index in [0.717, 1.165) is 5.56 Å². The number of aliphatic hydroxyl groups is 1. The molecule has 0 amide bonds. The zero-order valence-corrected chi connectivity index (χ0v) is 11.2. The minimum atomic E-state index is -0.499. The fourth-order valence-corrected chi connectivity index (χ4v) is 2.03. The van der Waals surface area contributed by atoms with E-state index in [9.17, 15) is 9.90 Å². The highest BCUT2D eigenvalue weighted by Gasteiger charge is 2.06. The van der Waals surface area contributed by atoms with Gasteiger partial charge in [0.25, 0.3) is 0 Å². The van der Waals surface area contributed by atoms with Crippen molar-refractivity contribution in [1.29, 1.82) is 0 Å². The van der Waals surface area contributed by atoms with Crippen LogP contribution in [0.15, 0.2) is 16.8 Å². The summed E-state index contributed by atoms with van der Waals surface area (Å²) in [4.78, 5) is 10.9. The summed E-state index contributed by atoms with van der Waals surface area (Å²) in [7, 11) is 0. The Morgan fingerprint density at radius 1 is 1.61 bits per heavy atom. The number of esters is 1. The van der Waals surface area contributed by atoms with Gasteiger partial charge < -0.3 is 19.9 Å². The van der Waals surface area contributed by atoms with E-state index in [2.05, 4.69) is 5.32 Å². The van der Waals surface area contributed by atoms with E-state index in [4.69, 9.17) is 9.47 Å². The fourth-order valence-electron chi connectivity index (χ4n) is 1.32. The summed E-state index contributed by atoms with van der Waals surface area (Å²) < 4.78 is 9.82. The highest BCUT2D eigenvalue weighted by atomic mass is 32.1. The third-order valence-electron chi connectivity index (χ3n) is 2.21. The number of carbonyl (C=O) groups excluding carboxylic acids is 1. The molecule has 5 nitrogen and oxygen atoms in total. The molecule has 102 valence electrons. The van der Waals surface area contributed by atoms with Crippen LogP contribution in [0.2, 0.25) is 0 Å². The number of ether oxygens (including phenoxy) is 2. The molecule has 1 rings (SSSR count). The monoisotopic (exact) mass is 273 g/mol. The van der Waals surface area contributed by atoms with Gasteiger partial charge in [-0.25, -0.2) is 4.79 Å². The highest BCUT2D eigenvalue weighted by molar-refractivity contribution is 7.07. The van der Waals surface area contributed by atoms with E-state index in [0.29, 0.717) is 26.3 Å². The second-order valence-corrected chi connectivity index (χ2v) is 4.41. The highest BCUT2D eigenvalue weighted by Crippen LogP contribution is 2.14. The van der Waals surface area contributed by atoms with Crippen LogP contribution < -0.4 is 5.32 Å². The van der Waals surface area contributed by atoms with E-state index >= 15 is 0 Å². The molecule has 1 aromatic rings.